The quantitative estimate of drug-likeness (QED) is 0.522. The first-order valence-corrected chi connectivity index (χ1v) is 4.77. The number of nitrogens with one attached hydrogen (secondary N) is 1. The number of hydrogen-bond donors (Lipinski definition) is 1. The molecule has 0 aromatic carbocycles. The molecule has 0 saturated carbocycles. The second-order valence-electron chi connectivity index (χ2n) is 4.32. The zero-order chi connectivity index (χ0) is 7.84. The molecule has 64 valence electrons. The minimum atomic E-state index is 0.882. The van der Waals surface area contributed by atoms with Gasteiger partial charge in [0.1, 0.15) is 0 Å². The van der Waals surface area contributed by atoms with Gasteiger partial charge in [0.25, 0.3) is 0 Å². The molecule has 2 bridgehead atoms. The van der Waals surface area contributed by atoms with Crippen molar-refractivity contribution in [3.8, 4) is 0 Å². The lowest BCUT2D eigenvalue weighted by molar-refractivity contribution is -0.918. The fourth-order valence-electron chi connectivity index (χ4n) is 2.70. The van der Waals surface area contributed by atoms with Crippen LogP contribution >= 0.6 is 0 Å². The van der Waals surface area contributed by atoms with Gasteiger partial charge in [-0.25, -0.2) is 0 Å². The summed E-state index contributed by atoms with van der Waals surface area (Å²) < 4.78 is 0. The highest BCUT2D eigenvalue weighted by Crippen LogP contribution is 2.20. The topological polar surface area (TPSA) is 7.68 Å². The summed E-state index contributed by atoms with van der Waals surface area (Å²) in [5.41, 5.74) is 0. The zero-order valence-electron chi connectivity index (χ0n) is 7.64. The molecule has 3 fully saturated rings. The van der Waals surface area contributed by atoms with E-state index in [0.717, 1.165) is 12.0 Å². The summed E-state index contributed by atoms with van der Waals surface area (Å²) in [4.78, 5) is 4.26. The average molecular weight is 155 g/mol. The number of fused-ring (bicyclic) bond motifs is 3. The van der Waals surface area contributed by atoms with E-state index in [9.17, 15) is 0 Å². The molecule has 3 rings (SSSR count). The van der Waals surface area contributed by atoms with Crippen LogP contribution in [-0.4, -0.2) is 44.7 Å². The Labute approximate surface area is 69.2 Å². The zero-order valence-corrected chi connectivity index (χ0v) is 7.64. The molecule has 3 saturated heterocycles. The van der Waals surface area contributed by atoms with E-state index in [0.29, 0.717) is 0 Å². The molecule has 3 aliphatic heterocycles. The number of quaternary nitrogens is 1. The molecule has 0 spiro atoms. The van der Waals surface area contributed by atoms with Gasteiger partial charge in [-0.3, -0.25) is 0 Å². The third-order valence-corrected chi connectivity index (χ3v) is 3.44. The molecule has 0 amide bonds. The standard InChI is InChI=1S/C9H18N2/c1-10(2)9-7-11-5-3-8(9)4-6-11/h8-9H,3-7H2,1-2H3/p+1. The predicted octanol–water partition coefficient (Wildman–Crippen LogP) is -0.775. The van der Waals surface area contributed by atoms with Crippen molar-refractivity contribution in [1.82, 2.24) is 4.90 Å². The summed E-state index contributed by atoms with van der Waals surface area (Å²) in [6.45, 7) is 4.28. The largest absolute Gasteiger partial charge is 0.334 e. The number of nitrogens with zero attached hydrogens (tertiary/aromatic N) is 1. The second-order valence-corrected chi connectivity index (χ2v) is 4.32. The normalized spacial score (nSPS) is 43.4. The maximum Gasteiger partial charge on any atom is 0.0931 e. The first kappa shape index (κ1) is 7.56. The molecular weight excluding hydrogens is 136 g/mol. The van der Waals surface area contributed by atoms with E-state index < -0.39 is 0 Å². The maximum absolute atomic E-state index is 2.42. The second kappa shape index (κ2) is 2.76. The van der Waals surface area contributed by atoms with Gasteiger partial charge in [-0.05, 0) is 20.0 Å². The molecule has 3 heterocycles. The van der Waals surface area contributed by atoms with Crippen LogP contribution in [0.4, 0.5) is 0 Å². The van der Waals surface area contributed by atoms with Crippen LogP contribution in [0.2, 0.25) is 0 Å². The van der Waals surface area contributed by atoms with E-state index in [1.54, 1.807) is 0 Å². The van der Waals surface area contributed by atoms with E-state index in [2.05, 4.69) is 19.0 Å². The Morgan fingerprint density at radius 3 is 2.09 bits per heavy atom. The lowest BCUT2D eigenvalue weighted by Crippen LogP contribution is -3.16. The Balaban J connectivity index is 2.03. The van der Waals surface area contributed by atoms with Gasteiger partial charge in [-0.15, -0.1) is 0 Å². The van der Waals surface area contributed by atoms with Crippen molar-refractivity contribution in [2.24, 2.45) is 5.92 Å². The van der Waals surface area contributed by atoms with Gasteiger partial charge in [0, 0.05) is 12.8 Å². The molecule has 1 unspecified atom stereocenters. The molecule has 0 radical (unpaired) electrons. The maximum atomic E-state index is 2.42. The first-order chi connectivity index (χ1) is 5.27. The van der Waals surface area contributed by atoms with Gasteiger partial charge in [-0.2, -0.15) is 0 Å². The summed E-state index contributed by atoms with van der Waals surface area (Å²) in [5, 5.41) is 0. The Morgan fingerprint density at radius 2 is 1.82 bits per heavy atom. The highest BCUT2D eigenvalue weighted by molar-refractivity contribution is 4.81. The monoisotopic (exact) mass is 155 g/mol. The molecule has 11 heavy (non-hydrogen) atoms. The van der Waals surface area contributed by atoms with Crippen LogP contribution in [0.5, 0.6) is 0 Å². The van der Waals surface area contributed by atoms with E-state index in [1.807, 2.05) is 4.90 Å². The Morgan fingerprint density at radius 1 is 1.18 bits per heavy atom. The summed E-state index contributed by atoms with van der Waals surface area (Å²) in [6, 6.07) is 0.882. The Bertz CT molecular complexity index is 136. The van der Waals surface area contributed by atoms with Crippen LogP contribution in [0.3, 0.4) is 0 Å². The fourth-order valence-corrected chi connectivity index (χ4v) is 2.70. The van der Waals surface area contributed by atoms with Crippen LogP contribution in [0.25, 0.3) is 0 Å². The van der Waals surface area contributed by atoms with Gasteiger partial charge >= 0.3 is 0 Å². The summed E-state index contributed by atoms with van der Waals surface area (Å²) in [6.07, 6.45) is 2.94. The van der Waals surface area contributed by atoms with Crippen molar-refractivity contribution in [3.63, 3.8) is 0 Å². The minimum Gasteiger partial charge on any atom is -0.334 e. The molecule has 2 nitrogen and oxygen atoms in total. The van der Waals surface area contributed by atoms with Gasteiger partial charge in [0.15, 0.2) is 0 Å². The molecule has 2 heteroatoms. The predicted molar refractivity (Wildman–Crippen MR) is 45.8 cm³/mol. The van der Waals surface area contributed by atoms with E-state index in [4.69, 9.17) is 0 Å². The number of piperidine rings is 3. The molecule has 0 aromatic rings. The van der Waals surface area contributed by atoms with Crippen molar-refractivity contribution in [2.45, 2.75) is 18.9 Å². The van der Waals surface area contributed by atoms with Crippen molar-refractivity contribution < 1.29 is 4.90 Å². The summed E-state index contributed by atoms with van der Waals surface area (Å²) >= 11 is 0. The van der Waals surface area contributed by atoms with Crippen molar-refractivity contribution in [3.05, 3.63) is 0 Å². The van der Waals surface area contributed by atoms with Crippen molar-refractivity contribution in [2.75, 3.05) is 33.7 Å². The molecule has 0 aliphatic carbocycles. The summed E-state index contributed by atoms with van der Waals surface area (Å²) in [5.74, 6) is 1.02. The van der Waals surface area contributed by atoms with Crippen LogP contribution in [0, 0.1) is 5.92 Å². The SMILES string of the molecule is CN(C)C1C[NH+]2CCC1CC2. The van der Waals surface area contributed by atoms with E-state index in [1.165, 1.54) is 32.5 Å². The summed E-state index contributed by atoms with van der Waals surface area (Å²) in [7, 11) is 4.46. The molecule has 0 aromatic heterocycles. The van der Waals surface area contributed by atoms with Crippen LogP contribution in [-0.2, 0) is 0 Å². The Kier molecular flexibility index (Phi) is 1.90. The lowest BCUT2D eigenvalue weighted by Gasteiger charge is -2.44. The highest BCUT2D eigenvalue weighted by Gasteiger charge is 2.38. The third kappa shape index (κ3) is 1.30. The molecule has 3 aliphatic rings. The molecule has 1 N–H and O–H groups in total. The lowest BCUT2D eigenvalue weighted by atomic mass is 9.83. The number of likely N-dealkylation sites (N-methyl/N-ethyl adjacent to an activating group) is 1. The van der Waals surface area contributed by atoms with Crippen molar-refractivity contribution >= 4 is 0 Å². The van der Waals surface area contributed by atoms with Gasteiger partial charge in [-0.1, -0.05) is 0 Å². The van der Waals surface area contributed by atoms with Gasteiger partial charge in [0.2, 0.25) is 0 Å². The van der Waals surface area contributed by atoms with Crippen LogP contribution in [0.1, 0.15) is 12.8 Å². The van der Waals surface area contributed by atoms with E-state index >= 15 is 0 Å². The minimum absolute atomic E-state index is 0.882. The number of rotatable bonds is 1. The van der Waals surface area contributed by atoms with Gasteiger partial charge < -0.3 is 9.80 Å². The number of hydrogen-bond acceptors (Lipinski definition) is 1. The van der Waals surface area contributed by atoms with Crippen molar-refractivity contribution in [1.29, 1.82) is 0 Å². The average Bonchev–Trinajstić information content (AvgIpc) is 2.06. The highest BCUT2D eigenvalue weighted by atomic mass is 15.2. The van der Waals surface area contributed by atoms with E-state index in [-0.39, 0.29) is 0 Å². The fraction of sp³-hybridized carbons (Fsp3) is 1.00. The smallest absolute Gasteiger partial charge is 0.0931 e. The van der Waals surface area contributed by atoms with Crippen LogP contribution in [0.15, 0.2) is 0 Å². The third-order valence-electron chi connectivity index (χ3n) is 3.44. The van der Waals surface area contributed by atoms with Crippen LogP contribution < -0.4 is 4.90 Å². The molecular formula is C9H19N2+. The Hall–Kier alpha value is -0.0800. The molecule has 1 atom stereocenters. The van der Waals surface area contributed by atoms with Gasteiger partial charge in [0.05, 0.1) is 25.7 Å². The first-order valence-electron chi connectivity index (χ1n) is 4.77.